The standard InChI is InChI=1S/C15H12F3NO3S3/c16-15(17,18)25-10-5-3-9(4-6-10)8-11-13(22)19(14(23)24-11)7-1-2-12(20)21/h3-6,8H,1-2,7H2,(H,20,21)/b11-8-. The van der Waals surface area contributed by atoms with E-state index in [2.05, 4.69) is 0 Å². The van der Waals surface area contributed by atoms with Gasteiger partial charge in [-0.25, -0.2) is 0 Å². The Morgan fingerprint density at radius 2 is 1.96 bits per heavy atom. The molecule has 0 unspecified atom stereocenters. The zero-order chi connectivity index (χ0) is 18.6. The van der Waals surface area contributed by atoms with Crippen LogP contribution in [0.5, 0.6) is 0 Å². The number of alkyl halides is 3. The molecule has 1 N–H and O–H groups in total. The van der Waals surface area contributed by atoms with Gasteiger partial charge in [0.15, 0.2) is 0 Å². The Hall–Kier alpha value is -1.52. The van der Waals surface area contributed by atoms with Gasteiger partial charge in [0.2, 0.25) is 0 Å². The Morgan fingerprint density at radius 1 is 1.32 bits per heavy atom. The highest BCUT2D eigenvalue weighted by molar-refractivity contribution is 8.26. The number of carbonyl (C=O) groups is 2. The second-order valence-corrected chi connectivity index (χ2v) is 7.76. The monoisotopic (exact) mass is 407 g/mol. The molecule has 0 spiro atoms. The van der Waals surface area contributed by atoms with E-state index in [0.717, 1.165) is 11.8 Å². The van der Waals surface area contributed by atoms with E-state index in [9.17, 15) is 22.8 Å². The minimum Gasteiger partial charge on any atom is -0.481 e. The molecule has 0 saturated carbocycles. The van der Waals surface area contributed by atoms with E-state index in [4.69, 9.17) is 17.3 Å². The first kappa shape index (κ1) is 19.8. The van der Waals surface area contributed by atoms with Gasteiger partial charge in [-0.15, -0.1) is 0 Å². The van der Waals surface area contributed by atoms with Crippen LogP contribution in [0.15, 0.2) is 34.1 Å². The molecule has 0 bridgehead atoms. The molecule has 1 amide bonds. The zero-order valence-electron chi connectivity index (χ0n) is 12.6. The minimum atomic E-state index is -4.35. The molecule has 4 nitrogen and oxygen atoms in total. The molecular formula is C15H12F3NO3S3. The molecule has 134 valence electrons. The Balaban J connectivity index is 2.04. The van der Waals surface area contributed by atoms with Gasteiger partial charge in [0.25, 0.3) is 5.91 Å². The summed E-state index contributed by atoms with van der Waals surface area (Å²) in [5, 5.41) is 8.63. The summed E-state index contributed by atoms with van der Waals surface area (Å²) in [5.74, 6) is -1.27. The first-order valence-electron chi connectivity index (χ1n) is 6.99. The largest absolute Gasteiger partial charge is 0.481 e. The predicted molar refractivity (Wildman–Crippen MR) is 95.1 cm³/mol. The van der Waals surface area contributed by atoms with E-state index in [-0.39, 0.29) is 35.5 Å². The molecule has 10 heteroatoms. The molecule has 0 aliphatic carbocycles. The van der Waals surface area contributed by atoms with E-state index in [1.807, 2.05) is 0 Å². The quantitative estimate of drug-likeness (QED) is 0.430. The summed E-state index contributed by atoms with van der Waals surface area (Å²) in [5.41, 5.74) is -3.77. The Bertz CT molecular complexity index is 717. The van der Waals surface area contributed by atoms with E-state index < -0.39 is 11.5 Å². The highest BCUT2D eigenvalue weighted by atomic mass is 32.2. The second-order valence-electron chi connectivity index (χ2n) is 4.95. The Morgan fingerprint density at radius 3 is 2.52 bits per heavy atom. The maximum atomic E-state index is 12.3. The van der Waals surface area contributed by atoms with Gasteiger partial charge in [-0.2, -0.15) is 13.2 Å². The van der Waals surface area contributed by atoms with Gasteiger partial charge in [0, 0.05) is 17.9 Å². The van der Waals surface area contributed by atoms with E-state index >= 15 is 0 Å². The van der Waals surface area contributed by atoms with Gasteiger partial charge in [-0.05, 0) is 42.0 Å². The molecule has 1 aliphatic heterocycles. The van der Waals surface area contributed by atoms with Crippen molar-refractivity contribution >= 4 is 58.0 Å². The average molecular weight is 407 g/mol. The van der Waals surface area contributed by atoms with Crippen molar-refractivity contribution in [3.05, 3.63) is 34.7 Å². The molecule has 0 atom stereocenters. The van der Waals surface area contributed by atoms with Crippen molar-refractivity contribution in [2.45, 2.75) is 23.2 Å². The van der Waals surface area contributed by atoms with Crippen LogP contribution in [-0.4, -0.2) is 38.3 Å². The Kier molecular flexibility index (Phi) is 6.53. The normalized spacial score (nSPS) is 16.8. The van der Waals surface area contributed by atoms with Gasteiger partial charge in [0.05, 0.1) is 4.91 Å². The number of hydrogen-bond donors (Lipinski definition) is 1. The van der Waals surface area contributed by atoms with Gasteiger partial charge < -0.3 is 5.11 Å². The van der Waals surface area contributed by atoms with Gasteiger partial charge in [-0.3, -0.25) is 14.5 Å². The van der Waals surface area contributed by atoms with Crippen molar-refractivity contribution in [3.8, 4) is 0 Å². The predicted octanol–water partition coefficient (Wildman–Crippen LogP) is 4.36. The fraction of sp³-hybridized carbons (Fsp3) is 0.267. The molecule has 1 aromatic carbocycles. The number of halogens is 3. The van der Waals surface area contributed by atoms with Crippen molar-refractivity contribution in [2.75, 3.05) is 6.54 Å². The highest BCUT2D eigenvalue weighted by Gasteiger charge is 2.32. The number of carboxylic acids is 1. The fourth-order valence-electron chi connectivity index (χ4n) is 2.00. The number of carboxylic acid groups (broad SMARTS) is 1. The SMILES string of the molecule is O=C(O)CCCN1C(=O)/C(=C/c2ccc(SC(F)(F)F)cc2)SC1=S. The lowest BCUT2D eigenvalue weighted by atomic mass is 10.2. The summed E-state index contributed by atoms with van der Waals surface area (Å²) in [6, 6.07) is 5.64. The number of aliphatic carboxylic acids is 1. The summed E-state index contributed by atoms with van der Waals surface area (Å²) in [4.78, 5) is 24.6. The number of rotatable bonds is 6. The van der Waals surface area contributed by atoms with Gasteiger partial charge in [-0.1, -0.05) is 36.1 Å². The second kappa shape index (κ2) is 8.24. The lowest BCUT2D eigenvalue weighted by Gasteiger charge is -2.13. The highest BCUT2D eigenvalue weighted by Crippen LogP contribution is 2.37. The summed E-state index contributed by atoms with van der Waals surface area (Å²) in [7, 11) is 0. The fourth-order valence-corrected chi connectivity index (χ4v) is 3.85. The molecule has 25 heavy (non-hydrogen) atoms. The number of nitrogens with zero attached hydrogens (tertiary/aromatic N) is 1. The number of benzene rings is 1. The van der Waals surface area contributed by atoms with Crippen molar-refractivity contribution < 1.29 is 27.9 Å². The molecular weight excluding hydrogens is 395 g/mol. The van der Waals surface area contributed by atoms with E-state index in [1.165, 1.54) is 29.2 Å². The number of amides is 1. The van der Waals surface area contributed by atoms with Crippen molar-refractivity contribution in [1.82, 2.24) is 4.90 Å². The smallest absolute Gasteiger partial charge is 0.446 e. The summed E-state index contributed by atoms with van der Waals surface area (Å²) in [6.45, 7) is 0.218. The van der Waals surface area contributed by atoms with Crippen LogP contribution < -0.4 is 0 Å². The number of thioether (sulfide) groups is 2. The number of carbonyl (C=O) groups excluding carboxylic acids is 1. The van der Waals surface area contributed by atoms with Crippen LogP contribution in [0.1, 0.15) is 18.4 Å². The summed E-state index contributed by atoms with van der Waals surface area (Å²) >= 11 is 6.00. The zero-order valence-corrected chi connectivity index (χ0v) is 15.0. The molecule has 1 fully saturated rings. The molecule has 2 rings (SSSR count). The molecule has 0 radical (unpaired) electrons. The molecule has 1 aliphatic rings. The van der Waals surface area contributed by atoms with Crippen LogP contribution in [0.3, 0.4) is 0 Å². The van der Waals surface area contributed by atoms with Crippen LogP contribution >= 0.6 is 35.7 Å². The molecule has 1 aromatic rings. The van der Waals surface area contributed by atoms with Gasteiger partial charge in [0.1, 0.15) is 4.32 Å². The van der Waals surface area contributed by atoms with Crippen molar-refractivity contribution in [1.29, 1.82) is 0 Å². The van der Waals surface area contributed by atoms with Crippen molar-refractivity contribution in [2.24, 2.45) is 0 Å². The number of thiocarbonyl (C=S) groups is 1. The van der Waals surface area contributed by atoms with Gasteiger partial charge >= 0.3 is 11.5 Å². The van der Waals surface area contributed by atoms with E-state index in [0.29, 0.717) is 21.2 Å². The Labute approximate surface area is 155 Å². The molecule has 1 saturated heterocycles. The van der Waals surface area contributed by atoms with Crippen molar-refractivity contribution in [3.63, 3.8) is 0 Å². The minimum absolute atomic E-state index is 0.0610. The van der Waals surface area contributed by atoms with Crippen LogP contribution in [0.25, 0.3) is 6.08 Å². The van der Waals surface area contributed by atoms with Crippen LogP contribution in [0, 0.1) is 0 Å². The lowest BCUT2D eigenvalue weighted by molar-refractivity contribution is -0.137. The van der Waals surface area contributed by atoms with Crippen LogP contribution in [0.2, 0.25) is 0 Å². The maximum Gasteiger partial charge on any atom is 0.446 e. The first-order chi connectivity index (χ1) is 11.7. The average Bonchev–Trinajstić information content (AvgIpc) is 2.75. The summed E-state index contributed by atoms with van der Waals surface area (Å²) < 4.78 is 37.3. The third kappa shape index (κ3) is 6.05. The molecule has 1 heterocycles. The topological polar surface area (TPSA) is 57.6 Å². The summed E-state index contributed by atoms with van der Waals surface area (Å²) in [6.07, 6.45) is 1.78. The lowest BCUT2D eigenvalue weighted by Crippen LogP contribution is -2.29. The van der Waals surface area contributed by atoms with E-state index in [1.54, 1.807) is 6.08 Å². The van der Waals surface area contributed by atoms with Crippen LogP contribution in [0.4, 0.5) is 13.2 Å². The molecule has 0 aromatic heterocycles. The number of hydrogen-bond acceptors (Lipinski definition) is 5. The third-order valence-corrected chi connectivity index (χ3v) is 5.17. The maximum absolute atomic E-state index is 12.3. The first-order valence-corrected chi connectivity index (χ1v) is 9.03. The third-order valence-electron chi connectivity index (χ3n) is 3.06. The van der Waals surface area contributed by atoms with Crippen LogP contribution in [-0.2, 0) is 9.59 Å².